The molecule has 2 heterocycles. The molecule has 1 aromatic heterocycles. The van der Waals surface area contributed by atoms with E-state index in [1.165, 1.54) is 0 Å². The third-order valence-corrected chi connectivity index (χ3v) is 3.40. The summed E-state index contributed by atoms with van der Waals surface area (Å²) >= 11 is 3.29. The average molecular weight is 332 g/mol. The van der Waals surface area contributed by atoms with Crippen molar-refractivity contribution < 1.29 is 13.9 Å². The fourth-order valence-electron chi connectivity index (χ4n) is 2.10. The van der Waals surface area contributed by atoms with Crippen LogP contribution in [0.25, 0.3) is 0 Å². The van der Waals surface area contributed by atoms with E-state index in [1.54, 1.807) is 17.3 Å². The minimum absolute atomic E-state index is 0.111. The molecule has 1 fully saturated rings. The second-order valence-electron chi connectivity index (χ2n) is 4.35. The zero-order valence-electron chi connectivity index (χ0n) is 10.4. The van der Waals surface area contributed by atoms with E-state index in [4.69, 9.17) is 4.74 Å². The Labute approximate surface area is 119 Å². The van der Waals surface area contributed by atoms with Crippen LogP contribution in [0.4, 0.5) is 9.18 Å². The van der Waals surface area contributed by atoms with E-state index in [1.807, 2.05) is 0 Å². The number of hydrogen-bond donors (Lipinski definition) is 0. The van der Waals surface area contributed by atoms with Crippen LogP contribution in [0.3, 0.4) is 0 Å². The van der Waals surface area contributed by atoms with Crippen molar-refractivity contribution >= 4 is 22.0 Å². The Bertz CT molecular complexity index is 429. The van der Waals surface area contributed by atoms with Crippen LogP contribution in [0, 0.1) is 0 Å². The lowest BCUT2D eigenvalue weighted by Gasteiger charge is -2.31. The summed E-state index contributed by atoms with van der Waals surface area (Å²) in [5.41, 5.74) is 0. The van der Waals surface area contributed by atoms with Gasteiger partial charge in [0.25, 0.3) is 0 Å². The maximum absolute atomic E-state index is 12.0. The standard InChI is InChI=1S/C12H15BrFN3O2/c13-10-6-15-11(16-7-10)9-2-1-4-17(8-9)12(18)19-5-3-14/h6-7,9H,1-5,8H2. The van der Waals surface area contributed by atoms with E-state index in [-0.39, 0.29) is 12.5 Å². The van der Waals surface area contributed by atoms with Crippen molar-refractivity contribution in [2.75, 3.05) is 26.4 Å². The van der Waals surface area contributed by atoms with E-state index in [2.05, 4.69) is 25.9 Å². The predicted octanol–water partition coefficient (Wildman–Crippen LogP) is 2.52. The molecule has 0 radical (unpaired) electrons. The van der Waals surface area contributed by atoms with Gasteiger partial charge in [-0.3, -0.25) is 0 Å². The predicted molar refractivity (Wildman–Crippen MR) is 70.6 cm³/mol. The van der Waals surface area contributed by atoms with Crippen LogP contribution in [0.15, 0.2) is 16.9 Å². The molecule has 1 aromatic rings. The number of amides is 1. The molecule has 0 aromatic carbocycles. The lowest BCUT2D eigenvalue weighted by molar-refractivity contribution is 0.0857. The zero-order chi connectivity index (χ0) is 13.7. The van der Waals surface area contributed by atoms with Crippen molar-refractivity contribution in [3.05, 3.63) is 22.7 Å². The van der Waals surface area contributed by atoms with Crippen molar-refractivity contribution in [2.24, 2.45) is 0 Å². The normalized spacial score (nSPS) is 19.3. The average Bonchev–Trinajstić information content (AvgIpc) is 2.45. The number of nitrogens with zero attached hydrogens (tertiary/aromatic N) is 3. The first kappa shape index (κ1) is 14.2. The van der Waals surface area contributed by atoms with Crippen molar-refractivity contribution in [3.63, 3.8) is 0 Å². The van der Waals surface area contributed by atoms with Crippen LogP contribution in [0.5, 0.6) is 0 Å². The van der Waals surface area contributed by atoms with Crippen molar-refractivity contribution in [3.8, 4) is 0 Å². The number of hydrogen-bond acceptors (Lipinski definition) is 4. The third-order valence-electron chi connectivity index (χ3n) is 2.99. The van der Waals surface area contributed by atoms with Gasteiger partial charge in [0.2, 0.25) is 0 Å². The summed E-state index contributed by atoms with van der Waals surface area (Å²) in [7, 11) is 0. The smallest absolute Gasteiger partial charge is 0.409 e. The zero-order valence-corrected chi connectivity index (χ0v) is 12.0. The summed E-state index contributed by atoms with van der Waals surface area (Å²) < 4.78 is 17.6. The number of halogens is 2. The number of alkyl halides is 1. The van der Waals surface area contributed by atoms with Gasteiger partial charge in [0, 0.05) is 31.4 Å². The van der Waals surface area contributed by atoms with Crippen LogP contribution in [0.2, 0.25) is 0 Å². The minimum Gasteiger partial charge on any atom is -0.447 e. The fraction of sp³-hybridized carbons (Fsp3) is 0.583. The first-order valence-electron chi connectivity index (χ1n) is 6.16. The molecule has 0 N–H and O–H groups in total. The Kier molecular flexibility index (Phi) is 5.07. The fourth-order valence-corrected chi connectivity index (χ4v) is 2.31. The van der Waals surface area contributed by atoms with E-state index >= 15 is 0 Å². The summed E-state index contributed by atoms with van der Waals surface area (Å²) in [6.07, 6.45) is 4.74. The maximum Gasteiger partial charge on any atom is 0.409 e. The van der Waals surface area contributed by atoms with Gasteiger partial charge in [-0.25, -0.2) is 19.2 Å². The Hall–Kier alpha value is -1.24. The molecule has 7 heteroatoms. The molecule has 1 saturated heterocycles. The largest absolute Gasteiger partial charge is 0.447 e. The highest BCUT2D eigenvalue weighted by molar-refractivity contribution is 9.10. The molecule has 0 aliphatic carbocycles. The number of ether oxygens (including phenoxy) is 1. The molecule has 1 amide bonds. The molecule has 0 spiro atoms. The molecule has 1 unspecified atom stereocenters. The number of aromatic nitrogens is 2. The maximum atomic E-state index is 12.0. The van der Waals surface area contributed by atoms with E-state index in [0.29, 0.717) is 13.1 Å². The van der Waals surface area contributed by atoms with Gasteiger partial charge in [0.1, 0.15) is 19.1 Å². The Morgan fingerprint density at radius 2 is 2.26 bits per heavy atom. The topological polar surface area (TPSA) is 55.3 Å². The highest BCUT2D eigenvalue weighted by Crippen LogP contribution is 2.25. The molecule has 1 atom stereocenters. The summed E-state index contributed by atoms with van der Waals surface area (Å²) in [4.78, 5) is 21.8. The van der Waals surface area contributed by atoms with Crippen LogP contribution in [-0.2, 0) is 4.74 Å². The first-order chi connectivity index (χ1) is 9.20. The summed E-state index contributed by atoms with van der Waals surface area (Å²) in [5.74, 6) is 0.839. The first-order valence-corrected chi connectivity index (χ1v) is 6.95. The Morgan fingerprint density at radius 3 is 2.95 bits per heavy atom. The van der Waals surface area contributed by atoms with Crippen molar-refractivity contribution in [1.82, 2.24) is 14.9 Å². The van der Waals surface area contributed by atoms with Gasteiger partial charge < -0.3 is 9.64 Å². The van der Waals surface area contributed by atoms with Crippen LogP contribution in [-0.4, -0.2) is 47.3 Å². The van der Waals surface area contributed by atoms with E-state index < -0.39 is 12.8 Å². The lowest BCUT2D eigenvalue weighted by atomic mass is 9.97. The third kappa shape index (κ3) is 3.86. The molecular formula is C12H15BrFN3O2. The summed E-state index contributed by atoms with van der Waals surface area (Å²) in [6, 6.07) is 0. The highest BCUT2D eigenvalue weighted by atomic mass is 79.9. The van der Waals surface area contributed by atoms with Gasteiger partial charge in [-0.2, -0.15) is 0 Å². The van der Waals surface area contributed by atoms with Gasteiger partial charge >= 0.3 is 6.09 Å². The molecule has 0 bridgehead atoms. The van der Waals surface area contributed by atoms with Gasteiger partial charge in [0.15, 0.2) is 0 Å². The molecule has 104 valence electrons. The van der Waals surface area contributed by atoms with Gasteiger partial charge in [-0.05, 0) is 28.8 Å². The van der Waals surface area contributed by atoms with Crippen molar-refractivity contribution in [2.45, 2.75) is 18.8 Å². The highest BCUT2D eigenvalue weighted by Gasteiger charge is 2.27. The molecule has 1 aliphatic heterocycles. The summed E-state index contributed by atoms with van der Waals surface area (Å²) in [6.45, 7) is 0.318. The second-order valence-corrected chi connectivity index (χ2v) is 5.26. The number of carbonyl (C=O) groups is 1. The number of likely N-dealkylation sites (tertiary alicyclic amines) is 1. The molecule has 5 nitrogen and oxygen atoms in total. The molecule has 0 saturated carbocycles. The second kappa shape index (κ2) is 6.79. The molecule has 2 rings (SSSR count). The van der Waals surface area contributed by atoms with Gasteiger partial charge in [-0.15, -0.1) is 0 Å². The molecular weight excluding hydrogens is 317 g/mol. The number of piperidine rings is 1. The SMILES string of the molecule is O=C(OCCF)N1CCCC(c2ncc(Br)cn2)C1. The van der Waals surface area contributed by atoms with Gasteiger partial charge in [-0.1, -0.05) is 0 Å². The van der Waals surface area contributed by atoms with Crippen LogP contribution >= 0.6 is 15.9 Å². The van der Waals surface area contributed by atoms with Gasteiger partial charge in [0.05, 0.1) is 4.47 Å². The van der Waals surface area contributed by atoms with E-state index in [9.17, 15) is 9.18 Å². The minimum atomic E-state index is -0.654. The monoisotopic (exact) mass is 331 g/mol. The number of rotatable bonds is 3. The quantitative estimate of drug-likeness (QED) is 0.854. The Balaban J connectivity index is 1.96. The molecule has 1 aliphatic rings. The van der Waals surface area contributed by atoms with E-state index in [0.717, 1.165) is 23.1 Å². The van der Waals surface area contributed by atoms with Crippen LogP contribution in [0.1, 0.15) is 24.6 Å². The number of carbonyl (C=O) groups excluding carboxylic acids is 1. The lowest BCUT2D eigenvalue weighted by Crippen LogP contribution is -2.40. The van der Waals surface area contributed by atoms with Crippen LogP contribution < -0.4 is 0 Å². The molecule has 19 heavy (non-hydrogen) atoms. The Morgan fingerprint density at radius 1 is 1.53 bits per heavy atom. The van der Waals surface area contributed by atoms with Crippen molar-refractivity contribution in [1.29, 1.82) is 0 Å². The summed E-state index contributed by atoms with van der Waals surface area (Å²) in [5, 5.41) is 0.